The molecule has 0 bridgehead atoms. The highest BCUT2D eigenvalue weighted by molar-refractivity contribution is 5.94. The van der Waals surface area contributed by atoms with E-state index in [1.165, 1.54) is 16.5 Å². The Morgan fingerprint density at radius 3 is 2.68 bits per heavy atom. The average molecular weight is 292 g/mol. The first-order valence-corrected chi connectivity index (χ1v) is 7.54. The largest absolute Gasteiger partial charge is 0.350 e. The van der Waals surface area contributed by atoms with Gasteiger partial charge in [0.1, 0.15) is 0 Å². The lowest BCUT2D eigenvalue weighted by Gasteiger charge is -2.09. The topological polar surface area (TPSA) is 34.0 Å². The van der Waals surface area contributed by atoms with Gasteiger partial charge < -0.3 is 9.88 Å². The Hall–Kier alpha value is -2.55. The molecule has 0 atom stereocenters. The number of carbonyl (C=O) groups excluding carboxylic acids is 1. The van der Waals surface area contributed by atoms with Crippen molar-refractivity contribution >= 4 is 16.8 Å². The Kier molecular flexibility index (Phi) is 3.96. The van der Waals surface area contributed by atoms with Gasteiger partial charge in [-0.2, -0.15) is 0 Å². The molecular formula is C19H20N2O. The third kappa shape index (κ3) is 2.89. The molecule has 2 aromatic carbocycles. The van der Waals surface area contributed by atoms with Gasteiger partial charge in [0.2, 0.25) is 0 Å². The maximum atomic E-state index is 12.2. The van der Waals surface area contributed by atoms with Crippen molar-refractivity contribution in [3.8, 4) is 0 Å². The summed E-state index contributed by atoms with van der Waals surface area (Å²) in [5, 5.41) is 4.21. The standard InChI is InChI=1S/C19H20N2O/c1-14-7-8-17(13-15(14)2)19(22)20-10-12-21-11-9-16-5-3-4-6-18(16)21/h3-9,11,13H,10,12H2,1-2H3,(H,20,22). The quantitative estimate of drug-likeness (QED) is 0.782. The fraction of sp³-hybridized carbons (Fsp3) is 0.211. The van der Waals surface area contributed by atoms with Crippen LogP contribution >= 0.6 is 0 Å². The molecule has 0 spiro atoms. The van der Waals surface area contributed by atoms with Crippen LogP contribution in [0.5, 0.6) is 0 Å². The Morgan fingerprint density at radius 1 is 1.05 bits per heavy atom. The Morgan fingerprint density at radius 2 is 1.86 bits per heavy atom. The van der Waals surface area contributed by atoms with Gasteiger partial charge in [-0.1, -0.05) is 24.3 Å². The van der Waals surface area contributed by atoms with Crippen molar-refractivity contribution in [1.29, 1.82) is 0 Å². The number of fused-ring (bicyclic) bond motifs is 1. The van der Waals surface area contributed by atoms with Crippen LogP contribution < -0.4 is 5.32 Å². The predicted octanol–water partition coefficient (Wildman–Crippen LogP) is 3.69. The highest BCUT2D eigenvalue weighted by Crippen LogP contribution is 2.14. The van der Waals surface area contributed by atoms with Crippen molar-refractivity contribution in [2.45, 2.75) is 20.4 Å². The van der Waals surface area contributed by atoms with Crippen LogP contribution in [0.1, 0.15) is 21.5 Å². The zero-order chi connectivity index (χ0) is 15.5. The lowest BCUT2D eigenvalue weighted by Crippen LogP contribution is -2.27. The van der Waals surface area contributed by atoms with Crippen molar-refractivity contribution in [2.24, 2.45) is 0 Å². The summed E-state index contributed by atoms with van der Waals surface area (Å²) in [5.41, 5.74) is 4.27. The number of para-hydroxylation sites is 1. The van der Waals surface area contributed by atoms with E-state index in [-0.39, 0.29) is 5.91 Å². The number of carbonyl (C=O) groups is 1. The first-order valence-electron chi connectivity index (χ1n) is 7.54. The molecule has 0 aliphatic heterocycles. The van der Waals surface area contributed by atoms with Crippen LogP contribution in [0.25, 0.3) is 10.9 Å². The van der Waals surface area contributed by atoms with Gasteiger partial charge in [0.15, 0.2) is 0 Å². The summed E-state index contributed by atoms with van der Waals surface area (Å²) in [6, 6.07) is 16.2. The maximum Gasteiger partial charge on any atom is 0.251 e. The molecule has 3 nitrogen and oxygen atoms in total. The van der Waals surface area contributed by atoms with E-state index in [1.807, 2.05) is 44.2 Å². The second-order valence-electron chi connectivity index (χ2n) is 5.62. The van der Waals surface area contributed by atoms with E-state index in [2.05, 4.69) is 34.3 Å². The van der Waals surface area contributed by atoms with Crippen molar-refractivity contribution in [1.82, 2.24) is 9.88 Å². The summed E-state index contributed by atoms with van der Waals surface area (Å²) in [7, 11) is 0. The third-order valence-corrected chi connectivity index (χ3v) is 4.09. The lowest BCUT2D eigenvalue weighted by atomic mass is 10.1. The minimum Gasteiger partial charge on any atom is -0.350 e. The van der Waals surface area contributed by atoms with Gasteiger partial charge in [0.25, 0.3) is 5.91 Å². The van der Waals surface area contributed by atoms with Crippen LogP contribution in [0.3, 0.4) is 0 Å². The molecule has 0 aliphatic carbocycles. The average Bonchev–Trinajstić information content (AvgIpc) is 2.93. The number of hydrogen-bond acceptors (Lipinski definition) is 1. The van der Waals surface area contributed by atoms with Crippen LogP contribution in [0.2, 0.25) is 0 Å². The van der Waals surface area contributed by atoms with Crippen molar-refractivity contribution in [3.05, 3.63) is 71.4 Å². The molecule has 22 heavy (non-hydrogen) atoms. The third-order valence-electron chi connectivity index (χ3n) is 4.09. The number of benzene rings is 2. The number of amides is 1. The highest BCUT2D eigenvalue weighted by atomic mass is 16.1. The van der Waals surface area contributed by atoms with E-state index in [4.69, 9.17) is 0 Å². The highest BCUT2D eigenvalue weighted by Gasteiger charge is 2.06. The van der Waals surface area contributed by atoms with Gasteiger partial charge in [-0.25, -0.2) is 0 Å². The molecule has 0 radical (unpaired) electrons. The molecule has 0 fully saturated rings. The van der Waals surface area contributed by atoms with E-state index in [9.17, 15) is 4.79 Å². The molecule has 0 saturated carbocycles. The van der Waals surface area contributed by atoms with E-state index >= 15 is 0 Å². The first-order chi connectivity index (χ1) is 10.6. The van der Waals surface area contributed by atoms with Gasteiger partial charge >= 0.3 is 0 Å². The molecule has 1 heterocycles. The van der Waals surface area contributed by atoms with Crippen LogP contribution in [-0.4, -0.2) is 17.0 Å². The fourth-order valence-corrected chi connectivity index (χ4v) is 2.61. The summed E-state index contributed by atoms with van der Waals surface area (Å²) in [5.74, 6) is -0.0143. The molecule has 3 rings (SSSR count). The summed E-state index contributed by atoms with van der Waals surface area (Å²) in [6.45, 7) is 5.46. The molecule has 0 aliphatic rings. The number of nitrogens with zero attached hydrogens (tertiary/aromatic N) is 1. The smallest absolute Gasteiger partial charge is 0.251 e. The fourth-order valence-electron chi connectivity index (χ4n) is 2.61. The van der Waals surface area contributed by atoms with E-state index in [0.29, 0.717) is 6.54 Å². The number of rotatable bonds is 4. The zero-order valence-electron chi connectivity index (χ0n) is 13.0. The minimum atomic E-state index is -0.0143. The molecule has 112 valence electrons. The van der Waals surface area contributed by atoms with Crippen LogP contribution in [0.4, 0.5) is 0 Å². The molecule has 1 amide bonds. The van der Waals surface area contributed by atoms with E-state index < -0.39 is 0 Å². The van der Waals surface area contributed by atoms with Gasteiger partial charge in [-0.15, -0.1) is 0 Å². The maximum absolute atomic E-state index is 12.2. The number of aromatic nitrogens is 1. The molecule has 0 unspecified atom stereocenters. The number of aryl methyl sites for hydroxylation is 2. The summed E-state index contributed by atoms with van der Waals surface area (Å²) < 4.78 is 2.16. The van der Waals surface area contributed by atoms with Crippen molar-refractivity contribution < 1.29 is 4.79 Å². The SMILES string of the molecule is Cc1ccc(C(=O)NCCn2ccc3ccccc32)cc1C. The monoisotopic (exact) mass is 292 g/mol. The Labute approximate surface area is 130 Å². The van der Waals surface area contributed by atoms with Crippen LogP contribution in [-0.2, 0) is 6.54 Å². The lowest BCUT2D eigenvalue weighted by molar-refractivity contribution is 0.0952. The molecular weight excluding hydrogens is 272 g/mol. The normalized spacial score (nSPS) is 10.8. The second kappa shape index (κ2) is 6.06. The summed E-state index contributed by atoms with van der Waals surface area (Å²) in [4.78, 5) is 12.2. The van der Waals surface area contributed by atoms with Gasteiger partial charge in [0, 0.05) is 30.4 Å². The zero-order valence-corrected chi connectivity index (χ0v) is 13.0. The molecule has 3 heteroatoms. The van der Waals surface area contributed by atoms with Gasteiger partial charge in [0.05, 0.1) is 0 Å². The summed E-state index contributed by atoms with van der Waals surface area (Å²) >= 11 is 0. The van der Waals surface area contributed by atoms with Crippen molar-refractivity contribution in [3.63, 3.8) is 0 Å². The number of hydrogen-bond donors (Lipinski definition) is 1. The van der Waals surface area contributed by atoms with Crippen molar-refractivity contribution in [2.75, 3.05) is 6.54 Å². The van der Waals surface area contributed by atoms with E-state index in [0.717, 1.165) is 17.7 Å². The molecule has 1 N–H and O–H groups in total. The minimum absolute atomic E-state index is 0.0143. The predicted molar refractivity (Wildman–Crippen MR) is 90.2 cm³/mol. The first kappa shape index (κ1) is 14.4. The Balaban J connectivity index is 1.63. The van der Waals surface area contributed by atoms with Gasteiger partial charge in [-0.3, -0.25) is 4.79 Å². The molecule has 0 saturated heterocycles. The molecule has 3 aromatic rings. The van der Waals surface area contributed by atoms with E-state index in [1.54, 1.807) is 0 Å². The Bertz CT molecular complexity index is 817. The molecule has 1 aromatic heterocycles. The number of nitrogens with one attached hydrogen (secondary N) is 1. The van der Waals surface area contributed by atoms with Crippen LogP contribution in [0, 0.1) is 13.8 Å². The summed E-state index contributed by atoms with van der Waals surface area (Å²) in [6.07, 6.45) is 2.06. The van der Waals surface area contributed by atoms with Gasteiger partial charge in [-0.05, 0) is 54.6 Å². The second-order valence-corrected chi connectivity index (χ2v) is 5.62. The van der Waals surface area contributed by atoms with Crippen LogP contribution in [0.15, 0.2) is 54.7 Å².